The lowest BCUT2D eigenvalue weighted by Gasteiger charge is -2.14. The Morgan fingerprint density at radius 2 is 1.91 bits per heavy atom. The summed E-state index contributed by atoms with van der Waals surface area (Å²) in [5, 5.41) is 0. The molecule has 0 saturated carbocycles. The summed E-state index contributed by atoms with van der Waals surface area (Å²) in [5.74, 6) is 0. The zero-order valence-electron chi connectivity index (χ0n) is 7.26. The summed E-state index contributed by atoms with van der Waals surface area (Å²) in [6.45, 7) is 2.11. The van der Waals surface area contributed by atoms with Crippen LogP contribution in [-0.4, -0.2) is 22.1 Å². The van der Waals surface area contributed by atoms with Crippen LogP contribution in [0.3, 0.4) is 0 Å². The van der Waals surface area contributed by atoms with Gasteiger partial charge >= 0.3 is 7.87 Å². The molecule has 0 fully saturated rings. The largest absolute Gasteiger partial charge is 0.469 e. The molecular formula is C7H15ClO2Si. The molecule has 2 nitrogen and oxygen atoms in total. The van der Waals surface area contributed by atoms with Crippen LogP contribution >= 0.6 is 11.1 Å². The van der Waals surface area contributed by atoms with Crippen LogP contribution in [0.15, 0.2) is 11.8 Å². The Bertz CT molecular complexity index is 124. The van der Waals surface area contributed by atoms with Crippen molar-refractivity contribution >= 4 is 18.9 Å². The predicted molar refractivity (Wildman–Crippen MR) is 49.7 cm³/mol. The first-order valence-corrected chi connectivity index (χ1v) is 6.56. The van der Waals surface area contributed by atoms with Gasteiger partial charge in [-0.05, 0) is 12.1 Å². The first kappa shape index (κ1) is 11.2. The fourth-order valence-corrected chi connectivity index (χ4v) is 1.76. The summed E-state index contributed by atoms with van der Waals surface area (Å²) >= 11 is 5.95. The van der Waals surface area contributed by atoms with E-state index in [-0.39, 0.29) is 0 Å². The SMILES string of the molecule is CCC/C=C/[Si](Cl)(OC)OC. The zero-order chi connectivity index (χ0) is 8.74. The van der Waals surface area contributed by atoms with E-state index in [0.29, 0.717) is 0 Å². The molecule has 0 aromatic carbocycles. The molecule has 0 N–H and O–H groups in total. The predicted octanol–water partition coefficient (Wildman–Crippen LogP) is 2.35. The molecule has 0 saturated heterocycles. The van der Waals surface area contributed by atoms with Crippen LogP contribution in [0.4, 0.5) is 0 Å². The van der Waals surface area contributed by atoms with Crippen molar-refractivity contribution in [3.05, 3.63) is 11.8 Å². The van der Waals surface area contributed by atoms with E-state index in [1.807, 2.05) is 11.8 Å². The average Bonchev–Trinajstić information content (AvgIpc) is 2.05. The number of rotatable bonds is 5. The van der Waals surface area contributed by atoms with E-state index in [9.17, 15) is 0 Å². The summed E-state index contributed by atoms with van der Waals surface area (Å²) in [7, 11) is 0.694. The molecule has 4 heteroatoms. The zero-order valence-corrected chi connectivity index (χ0v) is 9.02. The molecule has 0 aromatic heterocycles. The quantitative estimate of drug-likeness (QED) is 0.494. The third-order valence-electron chi connectivity index (χ3n) is 1.33. The Morgan fingerprint density at radius 1 is 1.36 bits per heavy atom. The molecule has 0 heterocycles. The monoisotopic (exact) mass is 194 g/mol. The van der Waals surface area contributed by atoms with E-state index in [1.54, 1.807) is 14.2 Å². The topological polar surface area (TPSA) is 18.5 Å². The van der Waals surface area contributed by atoms with Crippen LogP contribution in [0, 0.1) is 0 Å². The number of halogens is 1. The minimum Gasteiger partial charge on any atom is -0.383 e. The van der Waals surface area contributed by atoms with Gasteiger partial charge in [0, 0.05) is 14.2 Å². The number of hydrogen-bond donors (Lipinski definition) is 0. The summed E-state index contributed by atoms with van der Waals surface area (Å²) in [4.78, 5) is 0. The summed E-state index contributed by atoms with van der Waals surface area (Å²) < 4.78 is 10.1. The van der Waals surface area contributed by atoms with E-state index in [1.165, 1.54) is 0 Å². The molecule has 0 aliphatic rings. The van der Waals surface area contributed by atoms with E-state index in [0.717, 1.165) is 12.8 Å². The highest BCUT2D eigenvalue weighted by atomic mass is 35.6. The van der Waals surface area contributed by atoms with Gasteiger partial charge in [0.15, 0.2) is 0 Å². The molecule has 0 bridgehead atoms. The molecule has 0 amide bonds. The molecule has 0 rings (SSSR count). The Labute approximate surface area is 74.1 Å². The van der Waals surface area contributed by atoms with Gasteiger partial charge in [0.1, 0.15) is 0 Å². The normalized spacial score (nSPS) is 12.7. The highest BCUT2D eigenvalue weighted by molar-refractivity contribution is 7.15. The Balaban J connectivity index is 3.85. The molecule has 0 aliphatic heterocycles. The van der Waals surface area contributed by atoms with E-state index in [4.69, 9.17) is 19.9 Å². The second-order valence-electron chi connectivity index (χ2n) is 2.18. The molecule has 0 atom stereocenters. The molecule has 0 aliphatic carbocycles. The van der Waals surface area contributed by atoms with Gasteiger partial charge in [-0.15, -0.1) is 0 Å². The van der Waals surface area contributed by atoms with Gasteiger partial charge < -0.3 is 8.85 Å². The summed E-state index contributed by atoms with van der Waals surface area (Å²) in [5.41, 5.74) is 1.85. The van der Waals surface area contributed by atoms with Gasteiger partial charge in [0.2, 0.25) is 0 Å². The van der Waals surface area contributed by atoms with Crippen molar-refractivity contribution in [2.75, 3.05) is 14.2 Å². The Kier molecular flexibility index (Phi) is 5.86. The molecule has 0 unspecified atom stereocenters. The van der Waals surface area contributed by atoms with Crippen LogP contribution in [0.25, 0.3) is 0 Å². The molecule has 0 aromatic rings. The third kappa shape index (κ3) is 4.58. The van der Waals surface area contributed by atoms with Crippen molar-refractivity contribution in [3.8, 4) is 0 Å². The number of allylic oxidation sites excluding steroid dienone is 1. The van der Waals surface area contributed by atoms with E-state index < -0.39 is 7.87 Å². The van der Waals surface area contributed by atoms with Crippen molar-refractivity contribution < 1.29 is 8.85 Å². The molecule has 0 spiro atoms. The third-order valence-corrected chi connectivity index (χ3v) is 4.38. The van der Waals surface area contributed by atoms with E-state index >= 15 is 0 Å². The van der Waals surface area contributed by atoms with Crippen molar-refractivity contribution in [2.45, 2.75) is 19.8 Å². The fraction of sp³-hybridized carbons (Fsp3) is 0.714. The van der Waals surface area contributed by atoms with Crippen LogP contribution in [-0.2, 0) is 8.85 Å². The van der Waals surface area contributed by atoms with Crippen LogP contribution in [0.1, 0.15) is 19.8 Å². The molecule has 66 valence electrons. The standard InChI is InChI=1S/C7H15ClO2Si/c1-4-5-6-7-11(8,9-2)10-3/h6-7H,4-5H2,1-3H3/b7-6+. The van der Waals surface area contributed by atoms with Crippen LogP contribution in [0.2, 0.25) is 0 Å². The van der Waals surface area contributed by atoms with Gasteiger partial charge in [0.25, 0.3) is 0 Å². The highest BCUT2D eigenvalue weighted by Gasteiger charge is 2.29. The highest BCUT2D eigenvalue weighted by Crippen LogP contribution is 2.12. The van der Waals surface area contributed by atoms with Gasteiger partial charge in [-0.3, -0.25) is 0 Å². The van der Waals surface area contributed by atoms with E-state index in [2.05, 4.69) is 6.92 Å². The first-order valence-electron chi connectivity index (χ1n) is 3.65. The van der Waals surface area contributed by atoms with Crippen molar-refractivity contribution in [1.29, 1.82) is 0 Å². The van der Waals surface area contributed by atoms with Gasteiger partial charge in [0.05, 0.1) is 0 Å². The maximum Gasteiger partial charge on any atom is 0.469 e. The van der Waals surface area contributed by atoms with Crippen LogP contribution in [0.5, 0.6) is 0 Å². The second kappa shape index (κ2) is 5.77. The first-order chi connectivity index (χ1) is 5.18. The summed E-state index contributed by atoms with van der Waals surface area (Å²) in [6.07, 6.45) is 4.14. The second-order valence-corrected chi connectivity index (χ2v) is 6.08. The lowest BCUT2D eigenvalue weighted by atomic mass is 10.3. The number of unbranched alkanes of at least 4 members (excludes halogenated alkanes) is 1. The minimum absolute atomic E-state index is 1.02. The lowest BCUT2D eigenvalue weighted by Crippen LogP contribution is -2.30. The Morgan fingerprint density at radius 3 is 2.27 bits per heavy atom. The van der Waals surface area contributed by atoms with Crippen LogP contribution < -0.4 is 0 Å². The van der Waals surface area contributed by atoms with Gasteiger partial charge in [-0.1, -0.05) is 30.5 Å². The maximum atomic E-state index is 5.95. The van der Waals surface area contributed by atoms with Gasteiger partial charge in [-0.2, -0.15) is 0 Å². The molecular weight excluding hydrogens is 180 g/mol. The molecule has 0 radical (unpaired) electrons. The molecule has 11 heavy (non-hydrogen) atoms. The fourth-order valence-electron chi connectivity index (χ4n) is 0.610. The maximum absolute atomic E-state index is 5.95. The van der Waals surface area contributed by atoms with Crippen molar-refractivity contribution in [3.63, 3.8) is 0 Å². The lowest BCUT2D eigenvalue weighted by molar-refractivity contribution is 0.279. The van der Waals surface area contributed by atoms with Crippen molar-refractivity contribution in [2.24, 2.45) is 0 Å². The minimum atomic E-state index is -2.44. The van der Waals surface area contributed by atoms with Crippen molar-refractivity contribution in [1.82, 2.24) is 0 Å². The van der Waals surface area contributed by atoms with Gasteiger partial charge in [-0.25, -0.2) is 0 Å². The summed E-state index contributed by atoms with van der Waals surface area (Å²) in [6, 6.07) is 0. The Hall–Kier alpha value is 0.167. The average molecular weight is 195 g/mol. The number of hydrogen-bond acceptors (Lipinski definition) is 2. The smallest absolute Gasteiger partial charge is 0.383 e.